The zero-order valence-electron chi connectivity index (χ0n) is 9.11. The first-order valence-electron chi connectivity index (χ1n) is 5.18. The van der Waals surface area contributed by atoms with Gasteiger partial charge in [-0.15, -0.1) is 0 Å². The van der Waals surface area contributed by atoms with Gasteiger partial charge in [-0.3, -0.25) is 0 Å². The third-order valence-electron chi connectivity index (χ3n) is 2.55. The van der Waals surface area contributed by atoms with Crippen molar-refractivity contribution in [1.29, 1.82) is 0 Å². The molecule has 1 aromatic carbocycles. The van der Waals surface area contributed by atoms with Crippen molar-refractivity contribution in [3.63, 3.8) is 0 Å². The molecule has 0 unspecified atom stereocenters. The Hall–Kier alpha value is -1.94. The average molecular weight is 245 g/mol. The molecule has 0 amide bonds. The third-order valence-corrected chi connectivity index (χ3v) is 2.72. The monoisotopic (exact) mass is 244 g/mol. The molecule has 0 saturated carbocycles. The number of aryl methyl sites for hydroxylation is 1. The lowest BCUT2D eigenvalue weighted by molar-refractivity contribution is 1.20. The molecule has 0 saturated heterocycles. The Kier molecular flexibility index (Phi) is 2.30. The number of imidazole rings is 1. The van der Waals surface area contributed by atoms with Gasteiger partial charge in [-0.25, -0.2) is 9.97 Å². The van der Waals surface area contributed by atoms with Gasteiger partial charge in [0, 0.05) is 5.56 Å². The summed E-state index contributed by atoms with van der Waals surface area (Å²) in [4.78, 5) is 15.5. The van der Waals surface area contributed by atoms with Crippen molar-refractivity contribution in [1.82, 2.24) is 19.9 Å². The highest BCUT2D eigenvalue weighted by Gasteiger charge is 2.10. The van der Waals surface area contributed by atoms with E-state index in [4.69, 9.17) is 11.6 Å². The van der Waals surface area contributed by atoms with Crippen molar-refractivity contribution < 1.29 is 0 Å². The van der Waals surface area contributed by atoms with Crippen LogP contribution in [0.3, 0.4) is 0 Å². The molecule has 0 spiro atoms. The van der Waals surface area contributed by atoms with Gasteiger partial charge in [-0.1, -0.05) is 23.8 Å². The molecule has 0 bridgehead atoms. The van der Waals surface area contributed by atoms with Crippen LogP contribution in [0.5, 0.6) is 0 Å². The molecule has 0 atom stereocenters. The van der Waals surface area contributed by atoms with E-state index < -0.39 is 0 Å². The quantitative estimate of drug-likeness (QED) is 0.670. The number of aromatic nitrogens is 4. The minimum Gasteiger partial charge on any atom is -0.341 e. The van der Waals surface area contributed by atoms with E-state index in [0.29, 0.717) is 5.65 Å². The van der Waals surface area contributed by atoms with Crippen LogP contribution in [0.25, 0.3) is 22.4 Å². The van der Waals surface area contributed by atoms with E-state index in [0.717, 1.165) is 16.8 Å². The molecule has 0 aliphatic carbocycles. The lowest BCUT2D eigenvalue weighted by Gasteiger charge is -2.03. The number of nitrogens with one attached hydrogen (secondary N) is 1. The van der Waals surface area contributed by atoms with Gasteiger partial charge in [0.1, 0.15) is 11.2 Å². The predicted molar refractivity (Wildman–Crippen MR) is 66.9 cm³/mol. The van der Waals surface area contributed by atoms with Crippen LogP contribution in [0.2, 0.25) is 5.28 Å². The van der Waals surface area contributed by atoms with Crippen molar-refractivity contribution in [3.05, 3.63) is 41.4 Å². The maximum Gasteiger partial charge on any atom is 0.225 e. The highest BCUT2D eigenvalue weighted by Crippen LogP contribution is 2.25. The Morgan fingerprint density at radius 1 is 1.24 bits per heavy atom. The maximum absolute atomic E-state index is 5.89. The SMILES string of the molecule is Cc1cccc(-c2nc(Cl)nc3nc[nH]c23)c1. The highest BCUT2D eigenvalue weighted by atomic mass is 35.5. The van der Waals surface area contributed by atoms with E-state index in [1.165, 1.54) is 5.56 Å². The molecule has 17 heavy (non-hydrogen) atoms. The molecule has 0 radical (unpaired) electrons. The van der Waals surface area contributed by atoms with Gasteiger partial charge in [0.2, 0.25) is 5.28 Å². The summed E-state index contributed by atoms with van der Waals surface area (Å²) in [6.07, 6.45) is 1.59. The van der Waals surface area contributed by atoms with Gasteiger partial charge in [-0.05, 0) is 24.6 Å². The van der Waals surface area contributed by atoms with E-state index in [-0.39, 0.29) is 5.28 Å². The van der Waals surface area contributed by atoms with Crippen LogP contribution in [0, 0.1) is 6.92 Å². The van der Waals surface area contributed by atoms with Gasteiger partial charge in [0.05, 0.1) is 6.33 Å². The zero-order valence-corrected chi connectivity index (χ0v) is 9.86. The van der Waals surface area contributed by atoms with Crippen molar-refractivity contribution in [2.24, 2.45) is 0 Å². The smallest absolute Gasteiger partial charge is 0.225 e. The van der Waals surface area contributed by atoms with Gasteiger partial charge in [0.15, 0.2) is 5.65 Å². The summed E-state index contributed by atoms with van der Waals surface area (Å²) in [7, 11) is 0. The Bertz CT molecular complexity index is 690. The lowest BCUT2D eigenvalue weighted by atomic mass is 10.1. The number of nitrogens with zero attached hydrogens (tertiary/aromatic N) is 3. The van der Waals surface area contributed by atoms with Gasteiger partial charge >= 0.3 is 0 Å². The Labute approximate surface area is 103 Å². The molecule has 5 heteroatoms. The molecule has 0 aliphatic heterocycles. The first-order valence-corrected chi connectivity index (χ1v) is 5.55. The van der Waals surface area contributed by atoms with E-state index in [9.17, 15) is 0 Å². The van der Waals surface area contributed by atoms with Crippen LogP contribution >= 0.6 is 11.6 Å². The van der Waals surface area contributed by atoms with Gasteiger partial charge in [-0.2, -0.15) is 4.98 Å². The van der Waals surface area contributed by atoms with E-state index >= 15 is 0 Å². The molecular formula is C12H9ClN4. The Morgan fingerprint density at radius 3 is 2.94 bits per heavy atom. The molecule has 2 aromatic heterocycles. The molecule has 2 heterocycles. The summed E-state index contributed by atoms with van der Waals surface area (Å²) >= 11 is 5.89. The van der Waals surface area contributed by atoms with Gasteiger partial charge in [0.25, 0.3) is 0 Å². The zero-order chi connectivity index (χ0) is 11.8. The minimum atomic E-state index is 0.209. The summed E-state index contributed by atoms with van der Waals surface area (Å²) in [6, 6.07) is 8.07. The number of hydrogen-bond acceptors (Lipinski definition) is 3. The number of benzene rings is 1. The van der Waals surface area contributed by atoms with Gasteiger partial charge < -0.3 is 4.98 Å². The fraction of sp³-hybridized carbons (Fsp3) is 0.0833. The van der Waals surface area contributed by atoms with Crippen molar-refractivity contribution >= 4 is 22.8 Å². The number of rotatable bonds is 1. The van der Waals surface area contributed by atoms with E-state index in [1.54, 1.807) is 6.33 Å². The number of hydrogen-bond donors (Lipinski definition) is 1. The lowest BCUT2D eigenvalue weighted by Crippen LogP contribution is -1.91. The molecule has 0 fully saturated rings. The number of halogens is 1. The summed E-state index contributed by atoms with van der Waals surface area (Å²) in [5.41, 5.74) is 4.34. The van der Waals surface area contributed by atoms with Crippen molar-refractivity contribution in [3.8, 4) is 11.3 Å². The van der Waals surface area contributed by atoms with Crippen LogP contribution in [0.15, 0.2) is 30.6 Å². The maximum atomic E-state index is 5.89. The van der Waals surface area contributed by atoms with Crippen LogP contribution in [-0.4, -0.2) is 19.9 Å². The number of fused-ring (bicyclic) bond motifs is 1. The fourth-order valence-electron chi connectivity index (χ4n) is 1.81. The first kappa shape index (κ1) is 10.2. The molecule has 1 N–H and O–H groups in total. The Balaban J connectivity index is 2.32. The first-order chi connectivity index (χ1) is 8.24. The van der Waals surface area contributed by atoms with Crippen molar-refractivity contribution in [2.45, 2.75) is 6.92 Å². The number of aromatic amines is 1. The predicted octanol–water partition coefficient (Wildman–Crippen LogP) is 2.98. The second-order valence-corrected chi connectivity index (χ2v) is 4.15. The minimum absolute atomic E-state index is 0.209. The molecular weight excluding hydrogens is 236 g/mol. The third kappa shape index (κ3) is 1.76. The molecule has 84 valence electrons. The van der Waals surface area contributed by atoms with Crippen LogP contribution in [0.1, 0.15) is 5.56 Å². The second-order valence-electron chi connectivity index (χ2n) is 3.81. The fourth-order valence-corrected chi connectivity index (χ4v) is 1.97. The van der Waals surface area contributed by atoms with Crippen LogP contribution < -0.4 is 0 Å². The normalized spacial score (nSPS) is 10.9. The summed E-state index contributed by atoms with van der Waals surface area (Å²) in [6.45, 7) is 2.04. The van der Waals surface area contributed by atoms with Crippen molar-refractivity contribution in [2.75, 3.05) is 0 Å². The average Bonchev–Trinajstić information content (AvgIpc) is 2.75. The van der Waals surface area contributed by atoms with Crippen LogP contribution in [0.4, 0.5) is 0 Å². The largest absolute Gasteiger partial charge is 0.341 e. The van der Waals surface area contributed by atoms with E-state index in [2.05, 4.69) is 26.0 Å². The molecule has 0 aliphatic rings. The summed E-state index contributed by atoms with van der Waals surface area (Å²) in [5, 5.41) is 0.209. The second kappa shape index (κ2) is 3.82. The topological polar surface area (TPSA) is 54.5 Å². The van der Waals surface area contributed by atoms with E-state index in [1.807, 2.05) is 25.1 Å². The standard InChI is InChI=1S/C12H9ClN4/c1-7-3-2-4-8(5-7)9-10-11(15-6-14-10)17-12(13)16-9/h2-6H,1H3,(H,14,15,16,17). The molecule has 3 aromatic rings. The molecule has 4 nitrogen and oxygen atoms in total. The Morgan fingerprint density at radius 2 is 2.12 bits per heavy atom. The summed E-state index contributed by atoms with van der Waals surface area (Å²) in [5.74, 6) is 0. The summed E-state index contributed by atoms with van der Waals surface area (Å²) < 4.78 is 0. The highest BCUT2D eigenvalue weighted by molar-refractivity contribution is 6.28. The molecule has 3 rings (SSSR count). The number of H-pyrrole nitrogens is 1. The van der Waals surface area contributed by atoms with Crippen LogP contribution in [-0.2, 0) is 0 Å².